The summed E-state index contributed by atoms with van der Waals surface area (Å²) in [6, 6.07) is 19.2. The van der Waals surface area contributed by atoms with E-state index in [1.54, 1.807) is 19.5 Å². The van der Waals surface area contributed by atoms with Crippen molar-refractivity contribution in [2.75, 3.05) is 19.9 Å². The van der Waals surface area contributed by atoms with Crippen LogP contribution in [0.3, 0.4) is 0 Å². The average Bonchev–Trinajstić information content (AvgIpc) is 2.76. The lowest BCUT2D eigenvalue weighted by atomic mass is 10.1. The molecule has 6 nitrogen and oxygen atoms in total. The first kappa shape index (κ1) is 21.8. The van der Waals surface area contributed by atoms with Crippen molar-refractivity contribution in [1.82, 2.24) is 9.29 Å². The number of nitrogens with zero attached hydrogens (tertiary/aromatic N) is 2. The van der Waals surface area contributed by atoms with Crippen LogP contribution >= 0.6 is 0 Å². The summed E-state index contributed by atoms with van der Waals surface area (Å²) in [4.78, 5) is 3.99. The fourth-order valence-electron chi connectivity index (χ4n) is 3.03. The molecule has 0 aliphatic heterocycles. The molecule has 0 spiro atoms. The molecule has 1 aromatic heterocycles. The van der Waals surface area contributed by atoms with Crippen LogP contribution in [0.15, 0.2) is 73.1 Å². The zero-order chi connectivity index (χ0) is 21.4. The van der Waals surface area contributed by atoms with E-state index in [0.29, 0.717) is 31.1 Å². The summed E-state index contributed by atoms with van der Waals surface area (Å²) in [5.41, 5.74) is 2.93. The van der Waals surface area contributed by atoms with Crippen molar-refractivity contribution in [1.29, 1.82) is 0 Å². The summed E-state index contributed by atoms with van der Waals surface area (Å²) >= 11 is 0. The van der Waals surface area contributed by atoms with E-state index in [1.807, 2.05) is 60.7 Å². The van der Waals surface area contributed by atoms with Gasteiger partial charge in [-0.15, -0.1) is 0 Å². The SMILES string of the molecule is COc1cc(CN(CCc2ccncc2)S(C)(=O)=O)ccc1OCc1ccccc1. The molecule has 1 heterocycles. The summed E-state index contributed by atoms with van der Waals surface area (Å²) in [5.74, 6) is 1.19. The lowest BCUT2D eigenvalue weighted by Gasteiger charge is -2.21. The second-order valence-corrected chi connectivity index (χ2v) is 8.94. The van der Waals surface area contributed by atoms with Gasteiger partial charge in [0.1, 0.15) is 6.61 Å². The van der Waals surface area contributed by atoms with Gasteiger partial charge in [0.25, 0.3) is 0 Å². The standard InChI is InChI=1S/C23H26N2O4S/c1-28-23-16-21(8-9-22(23)29-18-20-6-4-3-5-7-20)17-25(30(2,26)27)15-12-19-10-13-24-14-11-19/h3-11,13-14,16H,12,15,17-18H2,1-2H3. The van der Waals surface area contributed by atoms with Gasteiger partial charge in [0.05, 0.1) is 13.4 Å². The Labute approximate surface area is 178 Å². The van der Waals surface area contributed by atoms with Crippen molar-refractivity contribution in [2.24, 2.45) is 0 Å². The highest BCUT2D eigenvalue weighted by atomic mass is 32.2. The van der Waals surface area contributed by atoms with Crippen molar-refractivity contribution >= 4 is 10.0 Å². The van der Waals surface area contributed by atoms with E-state index >= 15 is 0 Å². The van der Waals surface area contributed by atoms with Crippen LogP contribution in [-0.4, -0.2) is 37.6 Å². The number of pyridine rings is 1. The molecule has 0 saturated carbocycles. The molecule has 7 heteroatoms. The molecule has 3 aromatic rings. The maximum Gasteiger partial charge on any atom is 0.211 e. The first-order valence-electron chi connectivity index (χ1n) is 9.63. The zero-order valence-electron chi connectivity index (χ0n) is 17.2. The number of aromatic nitrogens is 1. The Morgan fingerprint density at radius 3 is 2.30 bits per heavy atom. The number of ether oxygens (including phenoxy) is 2. The van der Waals surface area contributed by atoms with Gasteiger partial charge in [0.15, 0.2) is 11.5 Å². The first-order chi connectivity index (χ1) is 14.5. The van der Waals surface area contributed by atoms with E-state index in [9.17, 15) is 8.42 Å². The number of hydrogen-bond acceptors (Lipinski definition) is 5. The summed E-state index contributed by atoms with van der Waals surface area (Å²) in [6.07, 6.45) is 5.26. The highest BCUT2D eigenvalue weighted by Crippen LogP contribution is 2.29. The lowest BCUT2D eigenvalue weighted by Crippen LogP contribution is -2.31. The number of methoxy groups -OCH3 is 1. The molecule has 0 bridgehead atoms. The van der Waals surface area contributed by atoms with Crippen LogP contribution in [0.4, 0.5) is 0 Å². The van der Waals surface area contributed by atoms with Gasteiger partial charge in [-0.05, 0) is 47.4 Å². The van der Waals surface area contributed by atoms with Gasteiger partial charge in [-0.2, -0.15) is 4.31 Å². The lowest BCUT2D eigenvalue weighted by molar-refractivity contribution is 0.284. The molecule has 0 atom stereocenters. The maximum atomic E-state index is 12.3. The molecule has 0 radical (unpaired) electrons. The second-order valence-electron chi connectivity index (χ2n) is 6.96. The molecule has 0 aliphatic carbocycles. The van der Waals surface area contributed by atoms with E-state index in [2.05, 4.69) is 4.98 Å². The van der Waals surface area contributed by atoms with Gasteiger partial charge in [-0.1, -0.05) is 36.4 Å². The van der Waals surface area contributed by atoms with Crippen LogP contribution in [0, 0.1) is 0 Å². The third kappa shape index (κ3) is 6.30. The number of rotatable bonds is 10. The Morgan fingerprint density at radius 2 is 1.63 bits per heavy atom. The van der Waals surface area contributed by atoms with Crippen LogP contribution in [0.25, 0.3) is 0 Å². The van der Waals surface area contributed by atoms with Crippen LogP contribution in [0.1, 0.15) is 16.7 Å². The van der Waals surface area contributed by atoms with Gasteiger partial charge in [0.2, 0.25) is 10.0 Å². The number of hydrogen-bond donors (Lipinski definition) is 0. The molecule has 158 valence electrons. The molecule has 0 amide bonds. The van der Waals surface area contributed by atoms with Gasteiger partial charge in [0, 0.05) is 25.5 Å². The molecular formula is C23H26N2O4S. The number of sulfonamides is 1. The third-order valence-corrected chi connectivity index (χ3v) is 5.94. The molecule has 0 unspecified atom stereocenters. The molecule has 0 fully saturated rings. The normalized spacial score (nSPS) is 11.4. The first-order valence-corrected chi connectivity index (χ1v) is 11.5. The molecule has 30 heavy (non-hydrogen) atoms. The predicted octanol–water partition coefficient (Wildman–Crippen LogP) is 3.67. The monoisotopic (exact) mass is 426 g/mol. The summed E-state index contributed by atoms with van der Waals surface area (Å²) in [6.45, 7) is 1.08. The maximum absolute atomic E-state index is 12.3. The summed E-state index contributed by atoms with van der Waals surface area (Å²) in [7, 11) is -1.79. The van der Waals surface area contributed by atoms with Crippen LogP contribution in [-0.2, 0) is 29.6 Å². The van der Waals surface area contributed by atoms with Crippen LogP contribution in [0.2, 0.25) is 0 Å². The van der Waals surface area contributed by atoms with E-state index in [0.717, 1.165) is 16.7 Å². The highest BCUT2D eigenvalue weighted by molar-refractivity contribution is 7.88. The van der Waals surface area contributed by atoms with E-state index < -0.39 is 10.0 Å². The largest absolute Gasteiger partial charge is 0.493 e. The third-order valence-electron chi connectivity index (χ3n) is 4.69. The van der Waals surface area contributed by atoms with E-state index in [1.165, 1.54) is 10.6 Å². The molecule has 0 saturated heterocycles. The van der Waals surface area contributed by atoms with Crippen LogP contribution < -0.4 is 9.47 Å². The number of benzene rings is 2. The van der Waals surface area contributed by atoms with Gasteiger partial charge in [-0.25, -0.2) is 8.42 Å². The Kier molecular flexibility index (Phi) is 7.43. The minimum atomic E-state index is -3.36. The Balaban J connectivity index is 1.69. The van der Waals surface area contributed by atoms with Crippen molar-refractivity contribution < 1.29 is 17.9 Å². The molecule has 3 rings (SSSR count). The van der Waals surface area contributed by atoms with Crippen molar-refractivity contribution in [2.45, 2.75) is 19.6 Å². The minimum Gasteiger partial charge on any atom is -0.493 e. The fraction of sp³-hybridized carbons (Fsp3) is 0.261. The quantitative estimate of drug-likeness (QED) is 0.495. The van der Waals surface area contributed by atoms with Crippen molar-refractivity contribution in [3.63, 3.8) is 0 Å². The predicted molar refractivity (Wildman–Crippen MR) is 117 cm³/mol. The fourth-order valence-corrected chi connectivity index (χ4v) is 3.84. The average molecular weight is 427 g/mol. The van der Waals surface area contributed by atoms with Gasteiger partial charge in [-0.3, -0.25) is 4.98 Å². The Hall–Kier alpha value is -2.90. The van der Waals surface area contributed by atoms with Crippen molar-refractivity contribution in [3.05, 3.63) is 89.7 Å². The van der Waals surface area contributed by atoms with Crippen LogP contribution in [0.5, 0.6) is 11.5 Å². The minimum absolute atomic E-state index is 0.263. The van der Waals surface area contributed by atoms with Crippen molar-refractivity contribution in [3.8, 4) is 11.5 Å². The second kappa shape index (κ2) is 10.2. The Morgan fingerprint density at radius 1 is 0.900 bits per heavy atom. The van der Waals surface area contributed by atoms with Gasteiger partial charge < -0.3 is 9.47 Å². The van der Waals surface area contributed by atoms with E-state index in [4.69, 9.17) is 9.47 Å². The smallest absolute Gasteiger partial charge is 0.211 e. The molecule has 0 N–H and O–H groups in total. The molecular weight excluding hydrogens is 400 g/mol. The Bertz CT molecular complexity index is 1040. The van der Waals surface area contributed by atoms with Gasteiger partial charge >= 0.3 is 0 Å². The molecule has 0 aliphatic rings. The highest BCUT2D eigenvalue weighted by Gasteiger charge is 2.18. The summed E-state index contributed by atoms with van der Waals surface area (Å²) < 4.78 is 37.4. The van der Waals surface area contributed by atoms with E-state index in [-0.39, 0.29) is 6.54 Å². The molecule has 2 aromatic carbocycles. The zero-order valence-corrected chi connectivity index (χ0v) is 18.0. The summed E-state index contributed by atoms with van der Waals surface area (Å²) in [5, 5.41) is 0. The topological polar surface area (TPSA) is 68.7 Å².